The van der Waals surface area contributed by atoms with Crippen LogP contribution < -0.4 is 5.32 Å². The topological polar surface area (TPSA) is 41.6 Å². The molecule has 106 valence electrons. The number of amides is 1. The van der Waals surface area contributed by atoms with Gasteiger partial charge in [0.1, 0.15) is 0 Å². The van der Waals surface area contributed by atoms with Gasteiger partial charge >= 0.3 is 0 Å². The number of nitrogens with one attached hydrogen (secondary N) is 1. The molecule has 0 aliphatic rings. The summed E-state index contributed by atoms with van der Waals surface area (Å²) in [5.74, 6) is -0.0476. The highest BCUT2D eigenvalue weighted by atomic mass is 32.1. The first-order chi connectivity index (χ1) is 9.04. The average molecular weight is 282 g/mol. The van der Waals surface area contributed by atoms with Crippen molar-refractivity contribution in [1.29, 1.82) is 0 Å². The highest BCUT2D eigenvalue weighted by Crippen LogP contribution is 2.13. The van der Waals surface area contributed by atoms with E-state index < -0.39 is 0 Å². The molecule has 1 rings (SSSR count). The molecule has 0 spiro atoms. The summed E-state index contributed by atoms with van der Waals surface area (Å²) in [6.07, 6.45) is 0. The summed E-state index contributed by atoms with van der Waals surface area (Å²) in [6, 6.07) is 5.58. The Balaban J connectivity index is 2.41. The number of nitrogens with zero attached hydrogens (tertiary/aromatic N) is 1. The number of methoxy groups -OCH3 is 1. The Morgan fingerprint density at radius 2 is 2.16 bits per heavy atom. The second kappa shape index (κ2) is 8.19. The fourth-order valence-electron chi connectivity index (χ4n) is 1.67. The van der Waals surface area contributed by atoms with Gasteiger partial charge in [-0.1, -0.05) is 6.07 Å². The molecule has 0 heterocycles. The van der Waals surface area contributed by atoms with Crippen molar-refractivity contribution >= 4 is 18.5 Å². The van der Waals surface area contributed by atoms with E-state index in [1.54, 1.807) is 13.2 Å². The summed E-state index contributed by atoms with van der Waals surface area (Å²) in [5.41, 5.74) is 1.65. The molecule has 0 radical (unpaired) electrons. The number of likely N-dealkylation sites (N-methyl/N-ethyl adjacent to an activating group) is 1. The molecule has 1 aromatic rings. The molecule has 19 heavy (non-hydrogen) atoms. The number of hydrogen-bond acceptors (Lipinski definition) is 4. The van der Waals surface area contributed by atoms with Gasteiger partial charge in [-0.15, -0.1) is 12.6 Å². The van der Waals surface area contributed by atoms with Crippen LogP contribution in [-0.2, 0) is 4.74 Å². The van der Waals surface area contributed by atoms with Crippen LogP contribution in [0.15, 0.2) is 23.1 Å². The van der Waals surface area contributed by atoms with Crippen molar-refractivity contribution in [1.82, 2.24) is 10.2 Å². The SMILES string of the molecule is COCCN(C)CCNC(=O)c1cc(S)ccc1C. The predicted octanol–water partition coefficient (Wildman–Crippen LogP) is 1.59. The van der Waals surface area contributed by atoms with Crippen LogP contribution in [0.25, 0.3) is 0 Å². The van der Waals surface area contributed by atoms with Gasteiger partial charge in [0.05, 0.1) is 6.61 Å². The lowest BCUT2D eigenvalue weighted by molar-refractivity contribution is 0.0946. The summed E-state index contributed by atoms with van der Waals surface area (Å²) in [4.78, 5) is 14.9. The van der Waals surface area contributed by atoms with Crippen LogP contribution in [0.5, 0.6) is 0 Å². The molecule has 5 heteroatoms. The fraction of sp³-hybridized carbons (Fsp3) is 0.500. The largest absolute Gasteiger partial charge is 0.383 e. The van der Waals surface area contributed by atoms with E-state index in [9.17, 15) is 4.79 Å². The Hall–Kier alpha value is -1.04. The van der Waals surface area contributed by atoms with Crippen molar-refractivity contribution in [3.05, 3.63) is 29.3 Å². The van der Waals surface area contributed by atoms with E-state index in [1.807, 2.05) is 26.1 Å². The zero-order valence-electron chi connectivity index (χ0n) is 11.8. The molecule has 0 aliphatic carbocycles. The molecule has 0 atom stereocenters. The molecule has 1 aromatic carbocycles. The average Bonchev–Trinajstić information content (AvgIpc) is 2.39. The van der Waals surface area contributed by atoms with Crippen molar-refractivity contribution in [3.8, 4) is 0 Å². The van der Waals surface area contributed by atoms with E-state index in [1.165, 1.54) is 0 Å². The monoisotopic (exact) mass is 282 g/mol. The Morgan fingerprint density at radius 1 is 1.42 bits per heavy atom. The summed E-state index contributed by atoms with van der Waals surface area (Å²) in [5, 5.41) is 2.92. The lowest BCUT2D eigenvalue weighted by Crippen LogP contribution is -2.34. The molecule has 0 saturated carbocycles. The highest BCUT2D eigenvalue weighted by Gasteiger charge is 2.09. The van der Waals surface area contributed by atoms with Gasteiger partial charge in [-0.05, 0) is 31.7 Å². The maximum Gasteiger partial charge on any atom is 0.251 e. The molecular weight excluding hydrogens is 260 g/mol. The first kappa shape index (κ1) is 16.0. The quantitative estimate of drug-likeness (QED) is 0.746. The molecule has 0 saturated heterocycles. The Kier molecular flexibility index (Phi) is 6.91. The number of carbonyl (C=O) groups is 1. The molecule has 1 amide bonds. The minimum absolute atomic E-state index is 0.0476. The summed E-state index contributed by atoms with van der Waals surface area (Å²) in [6.45, 7) is 4.90. The van der Waals surface area contributed by atoms with Crippen LogP contribution in [0.4, 0.5) is 0 Å². The lowest BCUT2D eigenvalue weighted by atomic mass is 10.1. The van der Waals surface area contributed by atoms with Gasteiger partial charge in [-0.3, -0.25) is 4.79 Å². The summed E-state index contributed by atoms with van der Waals surface area (Å²) >= 11 is 4.26. The van der Waals surface area contributed by atoms with E-state index in [2.05, 4.69) is 22.8 Å². The zero-order valence-corrected chi connectivity index (χ0v) is 12.7. The first-order valence-corrected chi connectivity index (χ1v) is 6.74. The number of hydrogen-bond donors (Lipinski definition) is 2. The van der Waals surface area contributed by atoms with Crippen molar-refractivity contribution in [2.45, 2.75) is 11.8 Å². The zero-order chi connectivity index (χ0) is 14.3. The van der Waals surface area contributed by atoms with Crippen LogP contribution in [0.2, 0.25) is 0 Å². The van der Waals surface area contributed by atoms with Crippen LogP contribution in [0.3, 0.4) is 0 Å². The maximum atomic E-state index is 12.0. The highest BCUT2D eigenvalue weighted by molar-refractivity contribution is 7.80. The molecule has 0 aliphatic heterocycles. The van der Waals surface area contributed by atoms with E-state index in [0.29, 0.717) is 18.7 Å². The number of benzene rings is 1. The first-order valence-electron chi connectivity index (χ1n) is 6.30. The van der Waals surface area contributed by atoms with E-state index >= 15 is 0 Å². The maximum absolute atomic E-state index is 12.0. The number of rotatable bonds is 7. The van der Waals surface area contributed by atoms with E-state index in [-0.39, 0.29) is 5.91 Å². The standard InChI is InChI=1S/C14H22N2O2S/c1-11-4-5-12(19)10-13(11)14(17)15-6-7-16(2)8-9-18-3/h4-5,10,19H,6-9H2,1-3H3,(H,15,17). The number of aryl methyl sites for hydroxylation is 1. The van der Waals surface area contributed by atoms with Crippen molar-refractivity contribution in [2.24, 2.45) is 0 Å². The van der Waals surface area contributed by atoms with E-state index in [0.717, 1.165) is 23.5 Å². The number of carbonyl (C=O) groups excluding carboxylic acids is 1. The van der Waals surface area contributed by atoms with Crippen LogP contribution in [-0.4, -0.2) is 51.2 Å². The number of thiol groups is 1. The molecule has 0 bridgehead atoms. The third kappa shape index (κ3) is 5.63. The van der Waals surface area contributed by atoms with Gasteiger partial charge in [0.15, 0.2) is 0 Å². The Morgan fingerprint density at radius 3 is 2.84 bits per heavy atom. The predicted molar refractivity (Wildman–Crippen MR) is 80.1 cm³/mol. The van der Waals surface area contributed by atoms with Crippen LogP contribution in [0.1, 0.15) is 15.9 Å². The second-order valence-corrected chi connectivity index (χ2v) is 5.07. The van der Waals surface area contributed by atoms with Crippen molar-refractivity contribution in [3.63, 3.8) is 0 Å². The van der Waals surface area contributed by atoms with Gasteiger partial charge in [0.25, 0.3) is 5.91 Å². The minimum Gasteiger partial charge on any atom is -0.383 e. The van der Waals surface area contributed by atoms with Crippen molar-refractivity contribution in [2.75, 3.05) is 40.4 Å². The fourth-order valence-corrected chi connectivity index (χ4v) is 1.87. The Labute approximate surface area is 120 Å². The smallest absolute Gasteiger partial charge is 0.251 e. The third-order valence-electron chi connectivity index (χ3n) is 2.92. The molecule has 0 unspecified atom stereocenters. The van der Waals surface area contributed by atoms with Crippen LogP contribution >= 0.6 is 12.6 Å². The number of ether oxygens (including phenoxy) is 1. The molecule has 0 aromatic heterocycles. The van der Waals surface area contributed by atoms with Gasteiger partial charge in [0.2, 0.25) is 0 Å². The van der Waals surface area contributed by atoms with Gasteiger partial charge in [0, 0.05) is 37.2 Å². The second-order valence-electron chi connectivity index (χ2n) is 4.55. The Bertz CT molecular complexity index is 424. The molecule has 4 nitrogen and oxygen atoms in total. The minimum atomic E-state index is -0.0476. The van der Waals surface area contributed by atoms with E-state index in [4.69, 9.17) is 4.74 Å². The van der Waals surface area contributed by atoms with Crippen molar-refractivity contribution < 1.29 is 9.53 Å². The summed E-state index contributed by atoms with van der Waals surface area (Å²) in [7, 11) is 3.69. The van der Waals surface area contributed by atoms with Crippen LogP contribution in [0, 0.1) is 6.92 Å². The van der Waals surface area contributed by atoms with Gasteiger partial charge in [-0.2, -0.15) is 0 Å². The third-order valence-corrected chi connectivity index (χ3v) is 3.20. The molecule has 1 N–H and O–H groups in total. The normalized spacial score (nSPS) is 10.8. The molecular formula is C14H22N2O2S. The molecule has 0 fully saturated rings. The van der Waals surface area contributed by atoms with Gasteiger partial charge in [-0.25, -0.2) is 0 Å². The van der Waals surface area contributed by atoms with Gasteiger partial charge < -0.3 is 15.0 Å². The lowest BCUT2D eigenvalue weighted by Gasteiger charge is -2.16. The summed E-state index contributed by atoms with van der Waals surface area (Å²) < 4.78 is 5.00.